The first-order valence-corrected chi connectivity index (χ1v) is 9.47. The molecule has 1 aromatic heterocycles. The number of aromatic nitrogens is 3. The molecule has 8 nitrogen and oxygen atoms in total. The number of halogens is 1. The average Bonchev–Trinajstić information content (AvgIpc) is 3.23. The third kappa shape index (κ3) is 4.07. The fourth-order valence-corrected chi connectivity index (χ4v) is 3.15. The summed E-state index contributed by atoms with van der Waals surface area (Å²) in [5, 5.41) is 10.5. The van der Waals surface area contributed by atoms with Gasteiger partial charge in [-0.3, -0.25) is 14.9 Å². The molecule has 148 valence electrons. The minimum Gasteiger partial charge on any atom is -0.494 e. The van der Waals surface area contributed by atoms with Crippen molar-refractivity contribution in [3.05, 3.63) is 53.6 Å². The first-order valence-electron chi connectivity index (χ1n) is 9.09. The van der Waals surface area contributed by atoms with Crippen LogP contribution in [0, 0.1) is 0 Å². The van der Waals surface area contributed by atoms with Crippen LogP contribution in [0.4, 0.5) is 11.6 Å². The Morgan fingerprint density at radius 1 is 1.21 bits per heavy atom. The zero-order valence-electron chi connectivity index (χ0n) is 15.6. The van der Waals surface area contributed by atoms with Gasteiger partial charge in [0.1, 0.15) is 11.8 Å². The SMILES string of the molecule is CCOc1ccc(NC(=O)C[C@H]2C(=O)Nc3nc(-c4ccc(Cl)cc4)nn32)cc1. The van der Waals surface area contributed by atoms with Gasteiger partial charge in [-0.1, -0.05) is 11.6 Å². The molecule has 2 N–H and O–H groups in total. The van der Waals surface area contributed by atoms with Crippen LogP contribution >= 0.6 is 11.6 Å². The number of hydrogen-bond acceptors (Lipinski definition) is 5. The van der Waals surface area contributed by atoms with E-state index >= 15 is 0 Å². The van der Waals surface area contributed by atoms with Crippen molar-refractivity contribution in [1.29, 1.82) is 0 Å². The molecule has 0 radical (unpaired) electrons. The van der Waals surface area contributed by atoms with Gasteiger partial charge in [0.2, 0.25) is 11.9 Å². The van der Waals surface area contributed by atoms with Crippen molar-refractivity contribution in [2.75, 3.05) is 17.2 Å². The van der Waals surface area contributed by atoms with E-state index in [1.807, 2.05) is 6.92 Å². The van der Waals surface area contributed by atoms with Crippen LogP contribution < -0.4 is 15.4 Å². The van der Waals surface area contributed by atoms with Crippen molar-refractivity contribution in [3.8, 4) is 17.1 Å². The van der Waals surface area contributed by atoms with E-state index in [4.69, 9.17) is 16.3 Å². The van der Waals surface area contributed by atoms with Gasteiger partial charge >= 0.3 is 0 Å². The van der Waals surface area contributed by atoms with Gasteiger partial charge in [0.15, 0.2) is 5.82 Å². The number of amides is 2. The molecule has 2 heterocycles. The van der Waals surface area contributed by atoms with Crippen LogP contribution in [0.5, 0.6) is 5.75 Å². The van der Waals surface area contributed by atoms with Gasteiger partial charge < -0.3 is 10.1 Å². The maximum Gasteiger partial charge on any atom is 0.252 e. The molecule has 0 fully saturated rings. The molecule has 0 saturated heterocycles. The molecule has 2 amide bonds. The Bertz CT molecular complexity index is 1050. The van der Waals surface area contributed by atoms with Gasteiger partial charge in [0.05, 0.1) is 13.0 Å². The Kier molecular flexibility index (Phi) is 5.18. The molecule has 0 bridgehead atoms. The van der Waals surface area contributed by atoms with E-state index in [0.717, 1.165) is 11.3 Å². The number of nitrogens with one attached hydrogen (secondary N) is 2. The molecular weight excluding hydrogens is 394 g/mol. The van der Waals surface area contributed by atoms with Crippen LogP contribution in [0.15, 0.2) is 48.5 Å². The average molecular weight is 412 g/mol. The largest absolute Gasteiger partial charge is 0.494 e. The van der Waals surface area contributed by atoms with Crippen LogP contribution in [0.2, 0.25) is 5.02 Å². The van der Waals surface area contributed by atoms with E-state index in [1.54, 1.807) is 48.5 Å². The Morgan fingerprint density at radius 2 is 1.93 bits per heavy atom. The third-order valence-electron chi connectivity index (χ3n) is 4.39. The summed E-state index contributed by atoms with van der Waals surface area (Å²) in [6, 6.07) is 13.3. The number of hydrogen-bond donors (Lipinski definition) is 2. The monoisotopic (exact) mass is 411 g/mol. The predicted molar refractivity (Wildman–Crippen MR) is 109 cm³/mol. The zero-order valence-corrected chi connectivity index (χ0v) is 16.3. The summed E-state index contributed by atoms with van der Waals surface area (Å²) in [6.45, 7) is 2.47. The standard InChI is InChI=1S/C20H18ClN5O3/c1-2-29-15-9-7-14(8-10-15)22-17(27)11-16-19(28)24-20-23-18(25-26(16)20)12-3-5-13(21)6-4-12/h3-10,16H,2,11H2,1H3,(H,22,27)(H,23,24,25,28)/t16-/m0/s1. The molecule has 9 heteroatoms. The van der Waals surface area contributed by atoms with E-state index in [2.05, 4.69) is 20.7 Å². The second kappa shape index (κ2) is 7.92. The number of benzene rings is 2. The highest BCUT2D eigenvalue weighted by molar-refractivity contribution is 6.30. The molecule has 1 atom stereocenters. The number of fused-ring (bicyclic) bond motifs is 1. The quantitative estimate of drug-likeness (QED) is 0.646. The topological polar surface area (TPSA) is 98.1 Å². The molecule has 0 spiro atoms. The molecule has 1 aliphatic rings. The lowest BCUT2D eigenvalue weighted by molar-refractivity contribution is -0.123. The Hall–Kier alpha value is -3.39. The maximum atomic E-state index is 12.5. The highest BCUT2D eigenvalue weighted by atomic mass is 35.5. The molecule has 3 aromatic rings. The molecule has 2 aromatic carbocycles. The first-order chi connectivity index (χ1) is 14.0. The van der Waals surface area contributed by atoms with Crippen molar-refractivity contribution >= 4 is 35.1 Å². The van der Waals surface area contributed by atoms with Crippen LogP contribution in [-0.2, 0) is 9.59 Å². The molecule has 29 heavy (non-hydrogen) atoms. The summed E-state index contributed by atoms with van der Waals surface area (Å²) < 4.78 is 6.83. The Labute approximate surface area is 171 Å². The summed E-state index contributed by atoms with van der Waals surface area (Å²) in [6.07, 6.45) is -0.0601. The molecule has 0 aliphatic carbocycles. The van der Waals surface area contributed by atoms with Gasteiger partial charge in [-0.15, -0.1) is 5.10 Å². The number of rotatable bonds is 6. The number of carbonyl (C=O) groups excluding carboxylic acids is 2. The van der Waals surface area contributed by atoms with Crippen molar-refractivity contribution in [2.45, 2.75) is 19.4 Å². The van der Waals surface area contributed by atoms with Gasteiger partial charge in [0.25, 0.3) is 5.91 Å². The van der Waals surface area contributed by atoms with Crippen LogP contribution in [0.25, 0.3) is 11.4 Å². The van der Waals surface area contributed by atoms with Crippen molar-refractivity contribution in [2.24, 2.45) is 0 Å². The molecule has 0 saturated carbocycles. The van der Waals surface area contributed by atoms with Gasteiger partial charge in [-0.25, -0.2) is 4.68 Å². The summed E-state index contributed by atoms with van der Waals surface area (Å²) in [5.74, 6) is 0.880. The third-order valence-corrected chi connectivity index (χ3v) is 4.65. The Morgan fingerprint density at radius 3 is 2.62 bits per heavy atom. The lowest BCUT2D eigenvalue weighted by Gasteiger charge is -2.10. The molecule has 0 unspecified atom stereocenters. The minimum absolute atomic E-state index is 0.0601. The normalized spacial score (nSPS) is 15.0. The van der Waals surface area contributed by atoms with E-state index in [0.29, 0.717) is 29.1 Å². The first kappa shape index (κ1) is 18.9. The van der Waals surface area contributed by atoms with Crippen molar-refractivity contribution < 1.29 is 14.3 Å². The lowest BCUT2D eigenvalue weighted by atomic mass is 10.2. The van der Waals surface area contributed by atoms with E-state index in [1.165, 1.54) is 4.68 Å². The Balaban J connectivity index is 1.46. The van der Waals surface area contributed by atoms with Crippen LogP contribution in [-0.4, -0.2) is 33.2 Å². The summed E-state index contributed by atoms with van der Waals surface area (Å²) >= 11 is 5.91. The smallest absolute Gasteiger partial charge is 0.252 e. The fraction of sp³-hybridized carbons (Fsp3) is 0.200. The zero-order chi connectivity index (χ0) is 20.4. The van der Waals surface area contributed by atoms with Crippen molar-refractivity contribution in [3.63, 3.8) is 0 Å². The molecule has 1 aliphatic heterocycles. The second-order valence-corrected chi connectivity index (χ2v) is 6.86. The van der Waals surface area contributed by atoms with E-state index < -0.39 is 6.04 Å². The number of ether oxygens (including phenoxy) is 1. The van der Waals surface area contributed by atoms with Crippen LogP contribution in [0.3, 0.4) is 0 Å². The van der Waals surface area contributed by atoms with Gasteiger partial charge in [-0.2, -0.15) is 4.98 Å². The summed E-state index contributed by atoms with van der Waals surface area (Å²) in [7, 11) is 0. The number of anilines is 2. The van der Waals surface area contributed by atoms with Crippen molar-refractivity contribution in [1.82, 2.24) is 14.8 Å². The second-order valence-electron chi connectivity index (χ2n) is 6.43. The predicted octanol–water partition coefficient (Wildman–Crippen LogP) is 3.52. The minimum atomic E-state index is -0.763. The van der Waals surface area contributed by atoms with E-state index in [9.17, 15) is 9.59 Å². The molecule has 4 rings (SSSR count). The summed E-state index contributed by atoms with van der Waals surface area (Å²) in [5.41, 5.74) is 1.39. The van der Waals surface area contributed by atoms with E-state index in [-0.39, 0.29) is 18.2 Å². The highest BCUT2D eigenvalue weighted by Gasteiger charge is 2.35. The summed E-state index contributed by atoms with van der Waals surface area (Å²) in [4.78, 5) is 29.1. The highest BCUT2D eigenvalue weighted by Crippen LogP contribution is 2.29. The maximum absolute atomic E-state index is 12.5. The number of carbonyl (C=O) groups is 2. The lowest BCUT2D eigenvalue weighted by Crippen LogP contribution is -2.23. The molecular formula is C20H18ClN5O3. The van der Waals surface area contributed by atoms with Gasteiger partial charge in [0, 0.05) is 16.3 Å². The van der Waals surface area contributed by atoms with Gasteiger partial charge in [-0.05, 0) is 55.5 Å². The van der Waals surface area contributed by atoms with Crippen LogP contribution in [0.1, 0.15) is 19.4 Å². The fourth-order valence-electron chi connectivity index (χ4n) is 3.02. The number of nitrogens with zero attached hydrogens (tertiary/aromatic N) is 3.